The minimum atomic E-state index is -3.17. The zero-order valence-corrected chi connectivity index (χ0v) is 12.0. The van der Waals surface area contributed by atoms with Gasteiger partial charge in [0.25, 0.3) is 10.2 Å². The lowest BCUT2D eigenvalue weighted by atomic mass is 10.0. The van der Waals surface area contributed by atoms with Crippen LogP contribution in [-0.2, 0) is 10.2 Å². The Hall–Kier alpha value is -0.130. The Morgan fingerprint density at radius 2 is 1.56 bits per heavy atom. The molecule has 0 amide bonds. The third kappa shape index (κ3) is 2.21. The average molecular weight is 272 g/mol. The molecule has 0 radical (unpaired) electrons. The van der Waals surface area contributed by atoms with Gasteiger partial charge in [-0.05, 0) is 43.4 Å². The third-order valence-corrected chi connectivity index (χ3v) is 6.90. The molecule has 3 rings (SSSR count). The predicted octanol–water partition coefficient (Wildman–Crippen LogP) is 1.70. The van der Waals surface area contributed by atoms with E-state index in [2.05, 4.69) is 6.92 Å². The third-order valence-electron chi connectivity index (χ3n) is 4.97. The van der Waals surface area contributed by atoms with Gasteiger partial charge in [-0.3, -0.25) is 0 Å². The maximum atomic E-state index is 12.6. The van der Waals surface area contributed by atoms with Crippen molar-refractivity contribution in [3.05, 3.63) is 0 Å². The van der Waals surface area contributed by atoms with E-state index >= 15 is 0 Å². The summed E-state index contributed by atoms with van der Waals surface area (Å²) in [4.78, 5) is 0. The molecule has 2 heterocycles. The molecular formula is C13H24N2O2S. The van der Waals surface area contributed by atoms with Crippen LogP contribution in [0.25, 0.3) is 0 Å². The molecule has 1 aliphatic carbocycles. The molecule has 0 aromatic rings. The maximum Gasteiger partial charge on any atom is 0.282 e. The summed E-state index contributed by atoms with van der Waals surface area (Å²) in [5.74, 6) is 1.79. The minimum Gasteiger partial charge on any atom is -0.195 e. The molecule has 4 nitrogen and oxygen atoms in total. The van der Waals surface area contributed by atoms with Gasteiger partial charge >= 0.3 is 0 Å². The van der Waals surface area contributed by atoms with Crippen LogP contribution in [0.2, 0.25) is 0 Å². The molecule has 0 aromatic heterocycles. The zero-order valence-electron chi connectivity index (χ0n) is 11.2. The van der Waals surface area contributed by atoms with Crippen molar-refractivity contribution in [2.45, 2.75) is 39.0 Å². The van der Waals surface area contributed by atoms with Crippen molar-refractivity contribution in [1.82, 2.24) is 8.61 Å². The molecule has 0 aromatic carbocycles. The summed E-state index contributed by atoms with van der Waals surface area (Å²) in [7, 11) is -3.17. The first-order chi connectivity index (χ1) is 8.57. The Morgan fingerprint density at radius 3 is 2.17 bits per heavy atom. The lowest BCUT2D eigenvalue weighted by molar-refractivity contribution is 0.261. The van der Waals surface area contributed by atoms with Crippen LogP contribution in [0.3, 0.4) is 0 Å². The van der Waals surface area contributed by atoms with E-state index < -0.39 is 10.2 Å². The first-order valence-electron chi connectivity index (χ1n) is 7.32. The molecular weight excluding hydrogens is 248 g/mol. The van der Waals surface area contributed by atoms with Crippen LogP contribution in [-0.4, -0.2) is 43.2 Å². The van der Waals surface area contributed by atoms with Crippen LogP contribution in [0.1, 0.15) is 39.0 Å². The fraction of sp³-hybridized carbons (Fsp3) is 1.00. The van der Waals surface area contributed by atoms with Crippen molar-refractivity contribution < 1.29 is 8.42 Å². The van der Waals surface area contributed by atoms with E-state index in [0.717, 1.165) is 32.5 Å². The standard InChI is InChI=1S/C13H24N2O2S/c1-11-4-3-7-14(8-11)18(16,17)15-9-12-5-2-6-13(12)10-15/h11-13H,2-10H2,1H3. The van der Waals surface area contributed by atoms with Crippen LogP contribution in [0.4, 0.5) is 0 Å². The number of hydrogen-bond donors (Lipinski definition) is 0. The van der Waals surface area contributed by atoms with Crippen molar-refractivity contribution in [3.8, 4) is 0 Å². The quantitative estimate of drug-likeness (QED) is 0.767. The SMILES string of the molecule is CC1CCCN(S(=O)(=O)N2CC3CCCC3C2)C1. The molecule has 3 fully saturated rings. The van der Waals surface area contributed by atoms with Crippen molar-refractivity contribution in [2.24, 2.45) is 17.8 Å². The average Bonchev–Trinajstić information content (AvgIpc) is 2.89. The van der Waals surface area contributed by atoms with Crippen molar-refractivity contribution in [1.29, 1.82) is 0 Å². The molecule has 3 aliphatic rings. The Morgan fingerprint density at radius 1 is 0.889 bits per heavy atom. The lowest BCUT2D eigenvalue weighted by Crippen LogP contribution is -2.47. The summed E-state index contributed by atoms with van der Waals surface area (Å²) in [5.41, 5.74) is 0. The first kappa shape index (κ1) is 12.9. The Labute approximate surface area is 111 Å². The van der Waals surface area contributed by atoms with Gasteiger partial charge in [0.2, 0.25) is 0 Å². The van der Waals surface area contributed by atoms with Gasteiger partial charge in [0.15, 0.2) is 0 Å². The summed E-state index contributed by atoms with van der Waals surface area (Å²) in [5, 5.41) is 0. The Kier molecular flexibility index (Phi) is 3.41. The van der Waals surface area contributed by atoms with E-state index in [-0.39, 0.29) is 0 Å². The number of fused-ring (bicyclic) bond motifs is 1. The summed E-state index contributed by atoms with van der Waals surface area (Å²) in [6, 6.07) is 0. The van der Waals surface area contributed by atoms with Crippen LogP contribution in [0, 0.1) is 17.8 Å². The molecule has 5 heteroatoms. The summed E-state index contributed by atoms with van der Waals surface area (Å²) >= 11 is 0. The molecule has 104 valence electrons. The molecule has 2 saturated heterocycles. The van der Waals surface area contributed by atoms with E-state index in [0.29, 0.717) is 24.3 Å². The van der Waals surface area contributed by atoms with Crippen molar-refractivity contribution >= 4 is 10.2 Å². The molecule has 18 heavy (non-hydrogen) atoms. The highest BCUT2D eigenvalue weighted by molar-refractivity contribution is 7.86. The zero-order chi connectivity index (χ0) is 12.8. The molecule has 1 saturated carbocycles. The van der Waals surface area contributed by atoms with Crippen LogP contribution >= 0.6 is 0 Å². The van der Waals surface area contributed by atoms with Gasteiger partial charge in [-0.25, -0.2) is 0 Å². The number of piperidine rings is 1. The van der Waals surface area contributed by atoms with Crippen LogP contribution < -0.4 is 0 Å². The smallest absolute Gasteiger partial charge is 0.195 e. The largest absolute Gasteiger partial charge is 0.282 e. The Balaban J connectivity index is 1.71. The van der Waals surface area contributed by atoms with Crippen LogP contribution in [0.15, 0.2) is 0 Å². The highest BCUT2D eigenvalue weighted by Crippen LogP contribution is 2.39. The van der Waals surface area contributed by atoms with Gasteiger partial charge in [-0.15, -0.1) is 0 Å². The topological polar surface area (TPSA) is 40.6 Å². The lowest BCUT2D eigenvalue weighted by Gasteiger charge is -2.33. The highest BCUT2D eigenvalue weighted by atomic mass is 32.2. The van der Waals surface area contributed by atoms with E-state index in [1.54, 1.807) is 8.61 Å². The summed E-state index contributed by atoms with van der Waals surface area (Å²) < 4.78 is 28.7. The fourth-order valence-electron chi connectivity index (χ4n) is 3.90. The van der Waals surface area contributed by atoms with Gasteiger partial charge in [0.05, 0.1) is 0 Å². The number of nitrogens with zero attached hydrogens (tertiary/aromatic N) is 2. The second-order valence-corrected chi connectivity index (χ2v) is 8.31. The van der Waals surface area contributed by atoms with Crippen molar-refractivity contribution in [2.75, 3.05) is 26.2 Å². The molecule has 0 bridgehead atoms. The summed E-state index contributed by atoms with van der Waals surface area (Å²) in [6.45, 7) is 5.14. The molecule has 2 aliphatic heterocycles. The van der Waals surface area contributed by atoms with E-state index in [9.17, 15) is 8.42 Å². The van der Waals surface area contributed by atoms with Crippen molar-refractivity contribution in [3.63, 3.8) is 0 Å². The van der Waals surface area contributed by atoms with Gasteiger partial charge in [0.1, 0.15) is 0 Å². The molecule has 3 unspecified atom stereocenters. The van der Waals surface area contributed by atoms with Gasteiger partial charge in [-0.1, -0.05) is 13.3 Å². The Bertz CT molecular complexity index is 397. The second-order valence-electron chi connectivity index (χ2n) is 6.38. The van der Waals surface area contributed by atoms with E-state index in [1.165, 1.54) is 19.3 Å². The normalized spacial score (nSPS) is 39.1. The monoisotopic (exact) mass is 272 g/mol. The molecule has 0 N–H and O–H groups in total. The fourth-order valence-corrected chi connectivity index (χ4v) is 5.79. The maximum absolute atomic E-state index is 12.6. The molecule has 3 atom stereocenters. The van der Waals surface area contributed by atoms with Crippen LogP contribution in [0.5, 0.6) is 0 Å². The summed E-state index contributed by atoms with van der Waals surface area (Å²) in [6.07, 6.45) is 5.93. The predicted molar refractivity (Wildman–Crippen MR) is 71.3 cm³/mol. The first-order valence-corrected chi connectivity index (χ1v) is 8.72. The second kappa shape index (κ2) is 4.76. The van der Waals surface area contributed by atoms with Gasteiger partial charge in [0, 0.05) is 26.2 Å². The van der Waals surface area contributed by atoms with Gasteiger partial charge in [-0.2, -0.15) is 17.0 Å². The van der Waals surface area contributed by atoms with Gasteiger partial charge < -0.3 is 0 Å². The number of hydrogen-bond acceptors (Lipinski definition) is 2. The van der Waals surface area contributed by atoms with E-state index in [1.807, 2.05) is 0 Å². The minimum absolute atomic E-state index is 0.510. The van der Waals surface area contributed by atoms with E-state index in [4.69, 9.17) is 0 Å². The number of rotatable bonds is 2. The molecule has 0 spiro atoms. The highest BCUT2D eigenvalue weighted by Gasteiger charge is 2.43.